The van der Waals surface area contributed by atoms with Gasteiger partial charge in [-0.3, -0.25) is 4.98 Å². The standard InChI is InChI=1S/C13H8N6/c14-8-11-7-10(1-6-16-11)13-17-9-19(18-13)12-2-4-15-5-3-12/h1-7,9H. The molecule has 0 fully saturated rings. The smallest absolute Gasteiger partial charge is 0.181 e. The first-order valence-electron chi connectivity index (χ1n) is 5.55. The van der Waals surface area contributed by atoms with Crippen LogP contribution in [-0.4, -0.2) is 24.7 Å². The second-order valence-corrected chi connectivity index (χ2v) is 3.76. The normalized spacial score (nSPS) is 10.1. The second-order valence-electron chi connectivity index (χ2n) is 3.76. The molecule has 3 aromatic heterocycles. The molecule has 0 amide bonds. The maximum Gasteiger partial charge on any atom is 0.181 e. The zero-order valence-corrected chi connectivity index (χ0v) is 9.80. The lowest BCUT2D eigenvalue weighted by Gasteiger charge is -1.98. The lowest BCUT2D eigenvalue weighted by Crippen LogP contribution is -1.94. The molecular weight excluding hydrogens is 240 g/mol. The summed E-state index contributed by atoms with van der Waals surface area (Å²) >= 11 is 0. The van der Waals surface area contributed by atoms with Crippen LogP contribution in [0.4, 0.5) is 0 Å². The highest BCUT2D eigenvalue weighted by atomic mass is 15.3. The van der Waals surface area contributed by atoms with Crippen LogP contribution in [0.2, 0.25) is 0 Å². The average molecular weight is 248 g/mol. The Balaban J connectivity index is 2.00. The summed E-state index contributed by atoms with van der Waals surface area (Å²) < 4.78 is 1.66. The SMILES string of the molecule is N#Cc1cc(-c2ncn(-c3ccncc3)n2)ccn1. The van der Waals surface area contributed by atoms with Gasteiger partial charge in [0.2, 0.25) is 0 Å². The minimum atomic E-state index is 0.345. The monoisotopic (exact) mass is 248 g/mol. The van der Waals surface area contributed by atoms with E-state index in [4.69, 9.17) is 5.26 Å². The van der Waals surface area contributed by atoms with Gasteiger partial charge < -0.3 is 0 Å². The molecule has 0 aliphatic carbocycles. The van der Waals surface area contributed by atoms with Gasteiger partial charge in [0.25, 0.3) is 0 Å². The minimum Gasteiger partial charge on any atom is -0.265 e. The van der Waals surface area contributed by atoms with Crippen molar-refractivity contribution in [2.45, 2.75) is 0 Å². The molecule has 3 heterocycles. The first kappa shape index (κ1) is 11.0. The summed E-state index contributed by atoms with van der Waals surface area (Å²) in [5.74, 6) is 0.552. The van der Waals surface area contributed by atoms with Gasteiger partial charge >= 0.3 is 0 Å². The third kappa shape index (κ3) is 2.17. The molecular formula is C13H8N6. The molecule has 3 aromatic rings. The molecule has 0 spiro atoms. The van der Waals surface area contributed by atoms with Crippen molar-refractivity contribution in [1.29, 1.82) is 5.26 Å². The zero-order chi connectivity index (χ0) is 13.1. The maximum atomic E-state index is 8.83. The number of nitrogens with zero attached hydrogens (tertiary/aromatic N) is 6. The Hall–Kier alpha value is -3.07. The number of hydrogen-bond donors (Lipinski definition) is 0. The molecule has 0 unspecified atom stereocenters. The van der Waals surface area contributed by atoms with Crippen molar-refractivity contribution in [1.82, 2.24) is 24.7 Å². The van der Waals surface area contributed by atoms with Crippen LogP contribution in [0.5, 0.6) is 0 Å². The van der Waals surface area contributed by atoms with Gasteiger partial charge in [-0.05, 0) is 24.3 Å². The fraction of sp³-hybridized carbons (Fsp3) is 0. The lowest BCUT2D eigenvalue weighted by molar-refractivity contribution is 0.879. The van der Waals surface area contributed by atoms with Gasteiger partial charge in [-0.2, -0.15) is 5.26 Å². The van der Waals surface area contributed by atoms with Crippen LogP contribution >= 0.6 is 0 Å². The maximum absolute atomic E-state index is 8.83. The van der Waals surface area contributed by atoms with E-state index in [0.717, 1.165) is 11.3 Å². The summed E-state index contributed by atoms with van der Waals surface area (Å²) in [5.41, 5.74) is 1.99. The van der Waals surface area contributed by atoms with Gasteiger partial charge in [0.1, 0.15) is 18.1 Å². The van der Waals surface area contributed by atoms with Crippen LogP contribution in [0.3, 0.4) is 0 Å². The first-order chi connectivity index (χ1) is 9.36. The van der Waals surface area contributed by atoms with Crippen molar-refractivity contribution in [3.63, 3.8) is 0 Å². The molecule has 3 rings (SSSR count). The van der Waals surface area contributed by atoms with E-state index in [1.165, 1.54) is 0 Å². The number of nitriles is 1. The highest BCUT2D eigenvalue weighted by molar-refractivity contribution is 5.55. The minimum absolute atomic E-state index is 0.345. The number of aromatic nitrogens is 5. The first-order valence-corrected chi connectivity index (χ1v) is 5.55. The molecule has 0 atom stereocenters. The van der Waals surface area contributed by atoms with Crippen LogP contribution in [-0.2, 0) is 0 Å². The van der Waals surface area contributed by atoms with E-state index < -0.39 is 0 Å². The third-order valence-electron chi connectivity index (χ3n) is 2.55. The van der Waals surface area contributed by atoms with Crippen molar-refractivity contribution in [3.8, 4) is 23.1 Å². The van der Waals surface area contributed by atoms with E-state index in [2.05, 4.69) is 20.1 Å². The summed E-state index contributed by atoms with van der Waals surface area (Å²) in [6.45, 7) is 0. The third-order valence-corrected chi connectivity index (χ3v) is 2.55. The highest BCUT2D eigenvalue weighted by Gasteiger charge is 2.06. The second kappa shape index (κ2) is 4.66. The van der Waals surface area contributed by atoms with Gasteiger partial charge in [-0.15, -0.1) is 5.10 Å². The molecule has 6 nitrogen and oxygen atoms in total. The van der Waals surface area contributed by atoms with Gasteiger partial charge in [-0.25, -0.2) is 14.6 Å². The van der Waals surface area contributed by atoms with Crippen molar-refractivity contribution in [2.75, 3.05) is 0 Å². The summed E-state index contributed by atoms with van der Waals surface area (Å²) in [5, 5.41) is 13.2. The Morgan fingerprint density at radius 2 is 1.89 bits per heavy atom. The molecule has 0 saturated heterocycles. The Morgan fingerprint density at radius 3 is 2.68 bits per heavy atom. The van der Waals surface area contributed by atoms with E-state index >= 15 is 0 Å². The van der Waals surface area contributed by atoms with E-state index in [9.17, 15) is 0 Å². The van der Waals surface area contributed by atoms with Gasteiger partial charge in [-0.1, -0.05) is 0 Å². The van der Waals surface area contributed by atoms with E-state index in [-0.39, 0.29) is 0 Å². The lowest BCUT2D eigenvalue weighted by atomic mass is 10.2. The Bertz CT molecular complexity index is 741. The van der Waals surface area contributed by atoms with Crippen molar-refractivity contribution in [2.24, 2.45) is 0 Å². The number of hydrogen-bond acceptors (Lipinski definition) is 5. The predicted octanol–water partition coefficient (Wildman–Crippen LogP) is 1.60. The molecule has 0 saturated carbocycles. The molecule has 0 N–H and O–H groups in total. The molecule has 0 radical (unpaired) electrons. The van der Waals surface area contributed by atoms with Crippen molar-refractivity contribution >= 4 is 0 Å². The fourth-order valence-electron chi connectivity index (χ4n) is 1.65. The fourth-order valence-corrected chi connectivity index (χ4v) is 1.65. The summed E-state index contributed by atoms with van der Waals surface area (Å²) in [4.78, 5) is 12.1. The quantitative estimate of drug-likeness (QED) is 0.688. The largest absolute Gasteiger partial charge is 0.265 e. The Kier molecular flexibility index (Phi) is 2.71. The molecule has 90 valence electrons. The Labute approximate surface area is 109 Å². The van der Waals surface area contributed by atoms with Crippen LogP contribution in [0, 0.1) is 11.3 Å². The van der Waals surface area contributed by atoms with Crippen LogP contribution in [0.25, 0.3) is 17.1 Å². The molecule has 19 heavy (non-hydrogen) atoms. The van der Waals surface area contributed by atoms with E-state index in [1.807, 2.05) is 18.2 Å². The van der Waals surface area contributed by atoms with Gasteiger partial charge in [0, 0.05) is 24.2 Å². The van der Waals surface area contributed by atoms with Gasteiger partial charge in [0.15, 0.2) is 5.82 Å². The molecule has 0 aromatic carbocycles. The number of pyridine rings is 2. The van der Waals surface area contributed by atoms with Crippen LogP contribution < -0.4 is 0 Å². The summed E-state index contributed by atoms with van der Waals surface area (Å²) in [6, 6.07) is 9.10. The number of rotatable bonds is 2. The average Bonchev–Trinajstić information content (AvgIpc) is 2.98. The molecule has 0 bridgehead atoms. The molecule has 0 aliphatic heterocycles. The predicted molar refractivity (Wildman–Crippen MR) is 67.1 cm³/mol. The molecule has 6 heteroatoms. The zero-order valence-electron chi connectivity index (χ0n) is 9.80. The summed E-state index contributed by atoms with van der Waals surface area (Å²) in [6.07, 6.45) is 6.58. The van der Waals surface area contributed by atoms with Crippen molar-refractivity contribution in [3.05, 3.63) is 54.9 Å². The Morgan fingerprint density at radius 1 is 1.05 bits per heavy atom. The van der Waals surface area contributed by atoms with Crippen LogP contribution in [0.15, 0.2) is 49.2 Å². The van der Waals surface area contributed by atoms with E-state index in [0.29, 0.717) is 11.5 Å². The highest BCUT2D eigenvalue weighted by Crippen LogP contribution is 2.15. The summed E-state index contributed by atoms with van der Waals surface area (Å²) in [7, 11) is 0. The topological polar surface area (TPSA) is 80.3 Å². The molecule has 0 aliphatic rings. The van der Waals surface area contributed by atoms with E-state index in [1.54, 1.807) is 41.7 Å². The van der Waals surface area contributed by atoms with Crippen molar-refractivity contribution < 1.29 is 0 Å². The van der Waals surface area contributed by atoms with Gasteiger partial charge in [0.05, 0.1) is 5.69 Å². The van der Waals surface area contributed by atoms with Crippen LogP contribution in [0.1, 0.15) is 5.69 Å².